The van der Waals surface area contributed by atoms with Crippen LogP contribution in [0.3, 0.4) is 0 Å². The first-order valence-corrected chi connectivity index (χ1v) is 15.6. The molecule has 3 N–H and O–H groups in total. The minimum atomic E-state index is -3.52. The normalized spacial score (nSPS) is 19.1. The predicted octanol–water partition coefficient (Wildman–Crippen LogP) is 4.36. The Balaban J connectivity index is 1.25. The maximum absolute atomic E-state index is 13.3. The van der Waals surface area contributed by atoms with Crippen LogP contribution >= 0.6 is 0 Å². The lowest BCUT2D eigenvalue weighted by atomic mass is 9.90. The molecule has 228 valence electrons. The van der Waals surface area contributed by atoms with Gasteiger partial charge in [-0.1, -0.05) is 0 Å². The molecule has 2 atom stereocenters. The molecule has 0 spiro atoms. The van der Waals surface area contributed by atoms with Crippen molar-refractivity contribution in [2.24, 2.45) is 0 Å². The summed E-state index contributed by atoms with van der Waals surface area (Å²) in [4.78, 5) is 13.3. The van der Waals surface area contributed by atoms with Gasteiger partial charge in [0.15, 0.2) is 5.82 Å². The Kier molecular flexibility index (Phi) is 8.30. The highest BCUT2D eigenvalue weighted by atomic mass is 32.2. The van der Waals surface area contributed by atoms with Gasteiger partial charge in [0.05, 0.1) is 28.9 Å². The minimum absolute atomic E-state index is 0.0613. The molecular weight excluding hydrogens is 585 g/mol. The third-order valence-electron chi connectivity index (χ3n) is 7.49. The number of rotatable bonds is 12. The molecule has 4 aromatic rings. The van der Waals surface area contributed by atoms with Crippen LogP contribution in [0.4, 0.5) is 30.5 Å². The van der Waals surface area contributed by atoms with Crippen molar-refractivity contribution >= 4 is 27.3 Å². The lowest BCUT2D eigenvalue weighted by molar-refractivity contribution is 0.0568. The van der Waals surface area contributed by atoms with Gasteiger partial charge in [-0.25, -0.2) is 32.4 Å². The number of nitrogens with one attached hydrogen (secondary N) is 3. The summed E-state index contributed by atoms with van der Waals surface area (Å²) in [6.45, 7) is -2.90. The molecule has 2 aliphatic carbocycles. The van der Waals surface area contributed by atoms with Crippen molar-refractivity contribution in [2.45, 2.75) is 62.4 Å². The Morgan fingerprint density at radius 3 is 2.65 bits per heavy atom. The second kappa shape index (κ2) is 12.3. The van der Waals surface area contributed by atoms with E-state index in [0.29, 0.717) is 58.2 Å². The van der Waals surface area contributed by atoms with Gasteiger partial charge in [-0.3, -0.25) is 0 Å². The van der Waals surface area contributed by atoms with Crippen LogP contribution in [-0.2, 0) is 10.0 Å². The quantitative estimate of drug-likeness (QED) is 0.210. The van der Waals surface area contributed by atoms with E-state index >= 15 is 0 Å². The standard InChI is InChI=1S/C27H31F3N10O2S/c28-8-10-31-18-2-1-3-19(12-18)35-23-13-25(33-15-21(23)22-7-11-39(38-22)27(29)30)36-24-6-9-32-26(37-24)17-14-34-40(16-17)43(41,42)20-4-5-20/h6-7,9,11,13-16,18-20,27,31H,1-5,8,10,12H2,(H2,32,33,35,36,37). The molecule has 12 nitrogen and oxygen atoms in total. The summed E-state index contributed by atoms with van der Waals surface area (Å²) in [5, 5.41) is 17.6. The van der Waals surface area contributed by atoms with Crippen LogP contribution < -0.4 is 16.0 Å². The van der Waals surface area contributed by atoms with Crippen molar-refractivity contribution in [2.75, 3.05) is 23.9 Å². The van der Waals surface area contributed by atoms with Crippen molar-refractivity contribution < 1.29 is 21.6 Å². The SMILES string of the molecule is O=S(=O)(C1CC1)n1cc(-c2nccc(Nc3cc(NC4CCCC(NCCF)C4)c(-c4ccn(C(F)F)n4)cn3)n2)cn1. The molecule has 4 aromatic heterocycles. The summed E-state index contributed by atoms with van der Waals surface area (Å²) in [6, 6.07) is 5.15. The van der Waals surface area contributed by atoms with E-state index in [0.717, 1.165) is 29.8 Å². The largest absolute Gasteiger partial charge is 0.382 e. The Labute approximate surface area is 246 Å². The van der Waals surface area contributed by atoms with Crippen molar-refractivity contribution in [1.29, 1.82) is 0 Å². The van der Waals surface area contributed by atoms with Gasteiger partial charge in [-0.05, 0) is 50.7 Å². The number of halogens is 3. The Hall–Kier alpha value is -4.05. The van der Waals surface area contributed by atoms with Gasteiger partial charge in [0.2, 0.25) is 0 Å². The van der Waals surface area contributed by atoms with Crippen molar-refractivity contribution in [3.63, 3.8) is 0 Å². The number of pyridine rings is 1. The van der Waals surface area contributed by atoms with E-state index in [4.69, 9.17) is 0 Å². The molecule has 0 bridgehead atoms. The smallest absolute Gasteiger partial charge is 0.333 e. The highest BCUT2D eigenvalue weighted by Crippen LogP contribution is 2.33. The van der Waals surface area contributed by atoms with Crippen LogP contribution in [0, 0.1) is 0 Å². The highest BCUT2D eigenvalue weighted by Gasteiger charge is 2.37. The number of hydrogen-bond acceptors (Lipinski definition) is 10. The fourth-order valence-corrected chi connectivity index (χ4v) is 6.68. The summed E-state index contributed by atoms with van der Waals surface area (Å²) in [5.74, 6) is 1.12. The summed E-state index contributed by atoms with van der Waals surface area (Å²) in [6.07, 6.45) is 11.9. The van der Waals surface area contributed by atoms with Gasteiger partial charge in [-0.2, -0.15) is 23.1 Å². The average Bonchev–Trinajstić information content (AvgIpc) is 3.53. The first-order valence-electron chi connectivity index (χ1n) is 14.1. The molecule has 2 aliphatic rings. The first-order chi connectivity index (χ1) is 20.8. The average molecular weight is 617 g/mol. The van der Waals surface area contributed by atoms with Gasteiger partial charge in [0, 0.05) is 54.5 Å². The summed E-state index contributed by atoms with van der Waals surface area (Å²) >= 11 is 0. The van der Waals surface area contributed by atoms with Crippen LogP contribution in [0.1, 0.15) is 45.1 Å². The van der Waals surface area contributed by atoms with E-state index in [-0.39, 0.29) is 17.9 Å². The van der Waals surface area contributed by atoms with Gasteiger partial charge in [-0.15, -0.1) is 0 Å². The first kappa shape index (κ1) is 29.0. The van der Waals surface area contributed by atoms with E-state index in [1.54, 1.807) is 18.3 Å². The third kappa shape index (κ3) is 6.64. The van der Waals surface area contributed by atoms with Gasteiger partial charge >= 0.3 is 6.55 Å². The highest BCUT2D eigenvalue weighted by molar-refractivity contribution is 7.90. The van der Waals surface area contributed by atoms with Crippen molar-refractivity contribution in [1.82, 2.24) is 39.2 Å². The lowest BCUT2D eigenvalue weighted by Crippen LogP contribution is -2.39. The van der Waals surface area contributed by atoms with E-state index in [9.17, 15) is 21.6 Å². The van der Waals surface area contributed by atoms with Crippen LogP contribution in [0.5, 0.6) is 0 Å². The number of anilines is 3. The zero-order valence-corrected chi connectivity index (χ0v) is 23.9. The van der Waals surface area contributed by atoms with E-state index in [2.05, 4.69) is 41.1 Å². The van der Waals surface area contributed by atoms with Crippen molar-refractivity contribution in [3.05, 3.63) is 49.2 Å². The minimum Gasteiger partial charge on any atom is -0.382 e. The molecule has 0 aromatic carbocycles. The fraction of sp³-hybridized carbons (Fsp3) is 0.444. The maximum Gasteiger partial charge on any atom is 0.333 e. The van der Waals surface area contributed by atoms with E-state index < -0.39 is 28.5 Å². The topological polar surface area (TPSA) is 145 Å². The Bertz CT molecular complexity index is 1670. The second-order valence-electron chi connectivity index (χ2n) is 10.7. The van der Waals surface area contributed by atoms with Crippen molar-refractivity contribution in [3.8, 4) is 22.6 Å². The zero-order chi connectivity index (χ0) is 30.0. The summed E-state index contributed by atoms with van der Waals surface area (Å²) in [7, 11) is -3.52. The van der Waals surface area contributed by atoms with Crippen LogP contribution in [0.25, 0.3) is 22.6 Å². The summed E-state index contributed by atoms with van der Waals surface area (Å²) in [5.41, 5.74) is 1.99. The number of hydrogen-bond donors (Lipinski definition) is 3. The summed E-state index contributed by atoms with van der Waals surface area (Å²) < 4.78 is 65.8. The molecule has 2 saturated carbocycles. The molecule has 0 saturated heterocycles. The zero-order valence-electron chi connectivity index (χ0n) is 23.1. The maximum atomic E-state index is 13.3. The number of aromatic nitrogens is 7. The van der Waals surface area contributed by atoms with Crippen LogP contribution in [0.15, 0.2) is 49.2 Å². The Morgan fingerprint density at radius 2 is 1.88 bits per heavy atom. The predicted molar refractivity (Wildman–Crippen MR) is 154 cm³/mol. The lowest BCUT2D eigenvalue weighted by Gasteiger charge is -2.31. The molecule has 2 unspecified atom stereocenters. The number of nitrogens with zero attached hydrogens (tertiary/aromatic N) is 7. The molecular formula is C27H31F3N10O2S. The van der Waals surface area contributed by atoms with Gasteiger partial charge < -0.3 is 16.0 Å². The van der Waals surface area contributed by atoms with Gasteiger partial charge in [0.25, 0.3) is 10.0 Å². The monoisotopic (exact) mass is 616 g/mol. The molecule has 16 heteroatoms. The molecule has 0 aliphatic heterocycles. The molecule has 4 heterocycles. The van der Waals surface area contributed by atoms with E-state index in [1.165, 1.54) is 30.9 Å². The molecule has 0 radical (unpaired) electrons. The van der Waals surface area contributed by atoms with Crippen LogP contribution in [0.2, 0.25) is 0 Å². The molecule has 0 amide bonds. The molecule has 2 fully saturated rings. The second-order valence-corrected chi connectivity index (χ2v) is 12.7. The van der Waals surface area contributed by atoms with Crippen LogP contribution in [-0.4, -0.2) is 72.9 Å². The Morgan fingerprint density at radius 1 is 1.05 bits per heavy atom. The van der Waals surface area contributed by atoms with Gasteiger partial charge in [0.1, 0.15) is 18.3 Å². The molecule has 43 heavy (non-hydrogen) atoms. The number of alkyl halides is 3. The van der Waals surface area contributed by atoms with E-state index in [1.807, 2.05) is 0 Å². The molecule has 6 rings (SSSR count). The fourth-order valence-electron chi connectivity index (χ4n) is 5.20. The third-order valence-corrected chi connectivity index (χ3v) is 9.52.